The van der Waals surface area contributed by atoms with Crippen molar-refractivity contribution in [1.82, 2.24) is 0 Å². The van der Waals surface area contributed by atoms with Crippen LogP contribution in [0.3, 0.4) is 0 Å². The molecule has 0 spiro atoms. The molecule has 0 aromatic heterocycles. The maximum Gasteiger partial charge on any atom is 0.132 e. The Balaban J connectivity index is 1.91. The van der Waals surface area contributed by atoms with Gasteiger partial charge in [0.1, 0.15) is 11.6 Å². The second-order valence-corrected chi connectivity index (χ2v) is 5.44. The zero-order chi connectivity index (χ0) is 12.6. The van der Waals surface area contributed by atoms with Gasteiger partial charge in [0.2, 0.25) is 0 Å². The fourth-order valence-electron chi connectivity index (χ4n) is 3.29. The van der Waals surface area contributed by atoms with Gasteiger partial charge in [-0.25, -0.2) is 4.39 Å². The minimum atomic E-state index is -0.188. The van der Waals surface area contributed by atoms with Gasteiger partial charge in [0.15, 0.2) is 0 Å². The van der Waals surface area contributed by atoms with Crippen molar-refractivity contribution in [3.8, 4) is 0 Å². The van der Waals surface area contributed by atoms with Crippen molar-refractivity contribution >= 4 is 5.78 Å². The molecule has 3 rings (SSSR count). The first-order chi connectivity index (χ1) is 8.72. The van der Waals surface area contributed by atoms with Gasteiger partial charge in [-0.05, 0) is 30.4 Å². The second kappa shape index (κ2) is 4.47. The zero-order valence-corrected chi connectivity index (χ0v) is 10.3. The van der Waals surface area contributed by atoms with Gasteiger partial charge in [0.25, 0.3) is 0 Å². The molecule has 1 aliphatic carbocycles. The number of Topliss-reactive ketones (excluding diaryl/α,β-unsaturated/α-hetero) is 1. The lowest BCUT2D eigenvalue weighted by molar-refractivity contribution is -0.127. The van der Waals surface area contributed by atoms with Crippen LogP contribution in [0.5, 0.6) is 0 Å². The first kappa shape index (κ1) is 11.8. The number of carbonyl (C=O) groups excluding carboxylic acids is 1. The molecule has 2 aliphatic rings. The third-order valence-corrected chi connectivity index (χ3v) is 4.45. The summed E-state index contributed by atoms with van der Waals surface area (Å²) in [5, 5.41) is 0. The van der Waals surface area contributed by atoms with Crippen molar-refractivity contribution in [2.24, 2.45) is 5.92 Å². The lowest BCUT2D eigenvalue weighted by atomic mass is 9.63. The Morgan fingerprint density at radius 1 is 1.17 bits per heavy atom. The van der Waals surface area contributed by atoms with Crippen LogP contribution in [0.2, 0.25) is 0 Å². The Kier molecular flexibility index (Phi) is 2.94. The molecule has 1 aromatic rings. The van der Waals surface area contributed by atoms with Crippen molar-refractivity contribution in [2.75, 3.05) is 13.2 Å². The molecule has 3 heteroatoms. The Morgan fingerprint density at radius 3 is 2.39 bits per heavy atom. The first-order valence-electron chi connectivity index (χ1n) is 6.57. The Labute approximate surface area is 106 Å². The van der Waals surface area contributed by atoms with Gasteiger partial charge in [-0.1, -0.05) is 18.2 Å². The lowest BCUT2D eigenvalue weighted by Gasteiger charge is -2.49. The summed E-state index contributed by atoms with van der Waals surface area (Å²) in [6.45, 7) is 1.18. The van der Waals surface area contributed by atoms with Crippen molar-refractivity contribution in [2.45, 2.75) is 31.1 Å². The van der Waals surface area contributed by atoms with E-state index in [1.807, 2.05) is 12.1 Å². The molecule has 2 nitrogen and oxygen atoms in total. The van der Waals surface area contributed by atoms with Crippen LogP contribution in [0.1, 0.15) is 31.2 Å². The van der Waals surface area contributed by atoms with Gasteiger partial charge in [0.05, 0.1) is 13.2 Å². The van der Waals surface area contributed by atoms with E-state index in [4.69, 9.17) is 4.74 Å². The van der Waals surface area contributed by atoms with Crippen LogP contribution in [0.15, 0.2) is 24.3 Å². The van der Waals surface area contributed by atoms with Gasteiger partial charge in [-0.15, -0.1) is 0 Å². The van der Waals surface area contributed by atoms with Gasteiger partial charge >= 0.3 is 0 Å². The average molecular weight is 248 g/mol. The van der Waals surface area contributed by atoms with Crippen LogP contribution >= 0.6 is 0 Å². The number of hydrogen-bond donors (Lipinski definition) is 0. The maximum atomic E-state index is 14.0. The highest BCUT2D eigenvalue weighted by molar-refractivity contribution is 5.79. The van der Waals surface area contributed by atoms with Crippen LogP contribution in [0.25, 0.3) is 0 Å². The highest BCUT2D eigenvalue weighted by atomic mass is 19.1. The molecule has 0 unspecified atom stereocenters. The molecule has 1 saturated carbocycles. The summed E-state index contributed by atoms with van der Waals surface area (Å²) in [4.78, 5) is 11.3. The molecule has 96 valence electrons. The van der Waals surface area contributed by atoms with Crippen molar-refractivity contribution in [1.29, 1.82) is 0 Å². The minimum absolute atomic E-state index is 0.141. The van der Waals surface area contributed by atoms with E-state index in [1.165, 1.54) is 6.07 Å². The molecule has 2 fully saturated rings. The predicted molar refractivity (Wildman–Crippen MR) is 65.9 cm³/mol. The summed E-state index contributed by atoms with van der Waals surface area (Å²) in [6, 6.07) is 6.99. The van der Waals surface area contributed by atoms with Gasteiger partial charge in [-0.2, -0.15) is 0 Å². The van der Waals surface area contributed by atoms with Gasteiger partial charge < -0.3 is 4.74 Å². The minimum Gasteiger partial charge on any atom is -0.379 e. The maximum absolute atomic E-state index is 14.0. The molecule has 0 N–H and O–H groups in total. The molecule has 0 bridgehead atoms. The molecule has 1 saturated heterocycles. The summed E-state index contributed by atoms with van der Waals surface area (Å²) in [7, 11) is 0. The van der Waals surface area contributed by atoms with E-state index in [0.717, 1.165) is 18.4 Å². The second-order valence-electron chi connectivity index (χ2n) is 5.44. The Morgan fingerprint density at radius 2 is 1.83 bits per heavy atom. The summed E-state index contributed by atoms with van der Waals surface area (Å²) >= 11 is 0. The number of ketones is 1. The molecule has 1 aromatic carbocycles. The van der Waals surface area contributed by atoms with Crippen LogP contribution in [-0.4, -0.2) is 19.0 Å². The largest absolute Gasteiger partial charge is 0.379 e. The first-order valence-corrected chi connectivity index (χ1v) is 6.57. The van der Waals surface area contributed by atoms with E-state index >= 15 is 0 Å². The molecule has 0 amide bonds. The molecule has 0 atom stereocenters. The topological polar surface area (TPSA) is 26.3 Å². The Hall–Kier alpha value is -1.22. The number of benzene rings is 1. The number of carbonyl (C=O) groups is 1. The van der Waals surface area contributed by atoms with Gasteiger partial charge in [0, 0.05) is 18.3 Å². The smallest absolute Gasteiger partial charge is 0.132 e. The van der Waals surface area contributed by atoms with Crippen molar-refractivity contribution < 1.29 is 13.9 Å². The summed E-state index contributed by atoms with van der Waals surface area (Å²) in [5.41, 5.74) is 0.585. The zero-order valence-electron chi connectivity index (χ0n) is 10.3. The third-order valence-electron chi connectivity index (χ3n) is 4.45. The van der Waals surface area contributed by atoms with E-state index in [-0.39, 0.29) is 11.2 Å². The van der Waals surface area contributed by atoms with E-state index in [0.29, 0.717) is 37.8 Å². The average Bonchev–Trinajstić information content (AvgIpc) is 2.32. The van der Waals surface area contributed by atoms with E-state index in [1.54, 1.807) is 6.07 Å². The number of halogens is 1. The standard InChI is InChI=1S/C15H17FO2/c16-14-4-2-1-3-13(14)15(9-18-10-15)11-5-7-12(17)8-6-11/h1-4,11H,5-10H2. The Bertz CT molecular complexity index is 455. The summed E-state index contributed by atoms with van der Waals surface area (Å²) < 4.78 is 19.4. The molecule has 1 aliphatic heterocycles. The highest BCUT2D eigenvalue weighted by Gasteiger charge is 2.48. The number of ether oxygens (including phenoxy) is 1. The summed E-state index contributed by atoms with van der Waals surface area (Å²) in [6.07, 6.45) is 3.02. The van der Waals surface area contributed by atoms with Crippen LogP contribution in [0.4, 0.5) is 4.39 Å². The van der Waals surface area contributed by atoms with E-state index in [2.05, 4.69) is 0 Å². The lowest BCUT2D eigenvalue weighted by Crippen LogP contribution is -2.53. The highest BCUT2D eigenvalue weighted by Crippen LogP contribution is 2.46. The molecule has 1 heterocycles. The fraction of sp³-hybridized carbons (Fsp3) is 0.533. The van der Waals surface area contributed by atoms with E-state index in [9.17, 15) is 9.18 Å². The predicted octanol–water partition coefficient (Wildman–Crippen LogP) is 2.85. The molecule has 0 radical (unpaired) electrons. The number of rotatable bonds is 2. The molecular formula is C15H17FO2. The van der Waals surface area contributed by atoms with Gasteiger partial charge in [-0.3, -0.25) is 4.79 Å². The quantitative estimate of drug-likeness (QED) is 0.804. The monoisotopic (exact) mass is 248 g/mol. The van der Waals surface area contributed by atoms with Crippen molar-refractivity contribution in [3.05, 3.63) is 35.6 Å². The normalized spacial score (nSPS) is 23.7. The summed E-state index contributed by atoms with van der Waals surface area (Å²) in [5.74, 6) is 0.578. The molecule has 18 heavy (non-hydrogen) atoms. The van der Waals surface area contributed by atoms with Crippen LogP contribution in [-0.2, 0) is 14.9 Å². The SMILES string of the molecule is O=C1CCC(C2(c3ccccc3F)COC2)CC1. The fourth-order valence-corrected chi connectivity index (χ4v) is 3.29. The third kappa shape index (κ3) is 1.77. The van der Waals surface area contributed by atoms with E-state index < -0.39 is 0 Å². The van der Waals surface area contributed by atoms with Crippen molar-refractivity contribution in [3.63, 3.8) is 0 Å². The van der Waals surface area contributed by atoms with Crippen LogP contribution < -0.4 is 0 Å². The number of hydrogen-bond acceptors (Lipinski definition) is 2. The molecular weight excluding hydrogens is 231 g/mol. The van der Waals surface area contributed by atoms with Crippen LogP contribution in [0, 0.1) is 11.7 Å².